The van der Waals surface area contributed by atoms with Crippen molar-refractivity contribution in [2.75, 3.05) is 0 Å². The molecule has 132 valence electrons. The van der Waals surface area contributed by atoms with Gasteiger partial charge in [-0.25, -0.2) is 0 Å². The van der Waals surface area contributed by atoms with Gasteiger partial charge in [-0.3, -0.25) is 4.79 Å². The Morgan fingerprint density at radius 3 is 1.41 bits per heavy atom. The van der Waals surface area contributed by atoms with Crippen molar-refractivity contribution in [3.63, 3.8) is 0 Å². The number of rotatable bonds is 16. The predicted molar refractivity (Wildman–Crippen MR) is 92.8 cm³/mol. The van der Waals surface area contributed by atoms with Gasteiger partial charge in [-0.15, -0.1) is 0 Å². The van der Waals surface area contributed by atoms with Crippen LogP contribution in [0.3, 0.4) is 0 Å². The summed E-state index contributed by atoms with van der Waals surface area (Å²) in [6, 6.07) is 0. The van der Waals surface area contributed by atoms with Crippen molar-refractivity contribution in [2.24, 2.45) is 0 Å². The van der Waals surface area contributed by atoms with Crippen LogP contribution < -0.4 is 0 Å². The molecule has 0 fully saturated rings. The zero-order chi connectivity index (χ0) is 16.7. The number of unbranched alkanes of at least 4 members (excludes halogenated alkanes) is 12. The second-order valence-corrected chi connectivity index (χ2v) is 6.59. The second-order valence-electron chi connectivity index (χ2n) is 6.59. The van der Waals surface area contributed by atoms with Gasteiger partial charge in [0.05, 0.1) is 0 Å². The van der Waals surface area contributed by atoms with Gasteiger partial charge >= 0.3 is 0 Å². The van der Waals surface area contributed by atoms with Crippen molar-refractivity contribution < 1.29 is 15.0 Å². The van der Waals surface area contributed by atoms with Gasteiger partial charge in [0.2, 0.25) is 5.79 Å². The molecular weight excluding hydrogens is 276 g/mol. The molecule has 0 saturated heterocycles. The Kier molecular flexibility index (Phi) is 13.9. The molecule has 0 aromatic carbocycles. The molecule has 0 aliphatic heterocycles. The highest BCUT2D eigenvalue weighted by molar-refractivity contribution is 5.85. The van der Waals surface area contributed by atoms with E-state index in [0.29, 0.717) is 6.42 Å². The molecule has 0 rings (SSSR count). The third-order valence-corrected chi connectivity index (χ3v) is 4.45. The lowest BCUT2D eigenvalue weighted by atomic mass is 10.0. The zero-order valence-corrected chi connectivity index (χ0v) is 14.9. The first-order chi connectivity index (χ1) is 10.5. The monoisotopic (exact) mass is 314 g/mol. The predicted octanol–water partition coefficient (Wildman–Crippen LogP) is 5.13. The maximum absolute atomic E-state index is 11.5. The fraction of sp³-hybridized carbons (Fsp3) is 0.947. The molecular formula is C19H38O3. The van der Waals surface area contributed by atoms with Crippen molar-refractivity contribution >= 4 is 5.78 Å². The Balaban J connectivity index is 3.23. The van der Waals surface area contributed by atoms with E-state index in [-0.39, 0.29) is 6.42 Å². The third kappa shape index (κ3) is 12.2. The summed E-state index contributed by atoms with van der Waals surface area (Å²) in [6.45, 7) is 3.87. The summed E-state index contributed by atoms with van der Waals surface area (Å²) in [7, 11) is 0. The first kappa shape index (κ1) is 21.6. The number of Topliss-reactive ketones (excluding diaryl/α,β-unsaturated/α-hetero) is 1. The van der Waals surface area contributed by atoms with Gasteiger partial charge in [0.1, 0.15) is 0 Å². The van der Waals surface area contributed by atoms with Crippen LogP contribution in [0, 0.1) is 0 Å². The molecule has 0 unspecified atom stereocenters. The molecule has 0 aliphatic carbocycles. The minimum Gasteiger partial charge on any atom is -0.360 e. The molecule has 0 heterocycles. The second kappa shape index (κ2) is 14.2. The van der Waals surface area contributed by atoms with E-state index in [1.54, 1.807) is 6.92 Å². The van der Waals surface area contributed by atoms with E-state index in [4.69, 9.17) is 0 Å². The Bertz CT molecular complexity index is 261. The van der Waals surface area contributed by atoms with Crippen LogP contribution in [-0.2, 0) is 4.79 Å². The van der Waals surface area contributed by atoms with Crippen molar-refractivity contribution in [1.82, 2.24) is 0 Å². The fourth-order valence-corrected chi connectivity index (χ4v) is 2.70. The molecule has 0 spiro atoms. The summed E-state index contributed by atoms with van der Waals surface area (Å²) in [5.74, 6) is -2.53. The van der Waals surface area contributed by atoms with Crippen molar-refractivity contribution in [2.45, 2.75) is 116 Å². The molecule has 22 heavy (non-hydrogen) atoms. The quantitative estimate of drug-likeness (QED) is 0.307. The average molecular weight is 315 g/mol. The molecule has 0 aliphatic rings. The normalized spacial score (nSPS) is 11.8. The highest BCUT2D eigenvalue weighted by Crippen LogP contribution is 2.15. The SMILES string of the molecule is CCCCCCCCCCCCCCCC(=O)C(O)(O)CC. The Labute approximate surface area is 137 Å². The van der Waals surface area contributed by atoms with E-state index in [2.05, 4.69) is 6.92 Å². The van der Waals surface area contributed by atoms with E-state index in [1.807, 2.05) is 0 Å². The van der Waals surface area contributed by atoms with Crippen LogP contribution in [0.4, 0.5) is 0 Å². The van der Waals surface area contributed by atoms with Gasteiger partial charge in [0.15, 0.2) is 5.78 Å². The lowest BCUT2D eigenvalue weighted by Gasteiger charge is -2.17. The molecule has 0 aromatic rings. The van der Waals surface area contributed by atoms with Crippen molar-refractivity contribution in [3.8, 4) is 0 Å². The number of carbonyl (C=O) groups is 1. The number of ketones is 1. The lowest BCUT2D eigenvalue weighted by Crippen LogP contribution is -2.37. The van der Waals surface area contributed by atoms with E-state index < -0.39 is 11.6 Å². The highest BCUT2D eigenvalue weighted by Gasteiger charge is 2.29. The van der Waals surface area contributed by atoms with Crippen molar-refractivity contribution in [1.29, 1.82) is 0 Å². The van der Waals surface area contributed by atoms with Crippen LogP contribution in [0.1, 0.15) is 110 Å². The fourth-order valence-electron chi connectivity index (χ4n) is 2.70. The van der Waals surface area contributed by atoms with Gasteiger partial charge in [-0.2, -0.15) is 0 Å². The number of aliphatic hydroxyl groups is 2. The summed E-state index contributed by atoms with van der Waals surface area (Å²) in [6.07, 6.45) is 16.8. The Morgan fingerprint density at radius 2 is 1.05 bits per heavy atom. The Hall–Kier alpha value is -0.410. The molecule has 0 aromatic heterocycles. The molecule has 0 radical (unpaired) electrons. The van der Waals surface area contributed by atoms with Crippen LogP contribution in [0.25, 0.3) is 0 Å². The van der Waals surface area contributed by atoms with Crippen molar-refractivity contribution in [3.05, 3.63) is 0 Å². The van der Waals surface area contributed by atoms with Crippen LogP contribution >= 0.6 is 0 Å². The minimum atomic E-state index is -2.10. The van der Waals surface area contributed by atoms with E-state index in [0.717, 1.165) is 19.3 Å². The number of carbonyl (C=O) groups excluding carboxylic acids is 1. The molecule has 3 heteroatoms. The third-order valence-electron chi connectivity index (χ3n) is 4.45. The van der Waals surface area contributed by atoms with E-state index in [9.17, 15) is 15.0 Å². The van der Waals surface area contributed by atoms with Crippen LogP contribution in [0.5, 0.6) is 0 Å². The maximum Gasteiger partial charge on any atom is 0.223 e. The largest absolute Gasteiger partial charge is 0.360 e. The summed E-state index contributed by atoms with van der Waals surface area (Å²) in [5, 5.41) is 18.8. The minimum absolute atomic E-state index is 0.0737. The first-order valence-electron chi connectivity index (χ1n) is 9.52. The lowest BCUT2D eigenvalue weighted by molar-refractivity contribution is -0.183. The molecule has 0 atom stereocenters. The van der Waals surface area contributed by atoms with E-state index in [1.165, 1.54) is 64.2 Å². The average Bonchev–Trinajstić information content (AvgIpc) is 2.51. The van der Waals surface area contributed by atoms with Crippen LogP contribution in [0.2, 0.25) is 0 Å². The van der Waals surface area contributed by atoms with E-state index >= 15 is 0 Å². The van der Waals surface area contributed by atoms with Gasteiger partial charge < -0.3 is 10.2 Å². The summed E-state index contributed by atoms with van der Waals surface area (Å²) in [5.41, 5.74) is 0. The molecule has 0 amide bonds. The zero-order valence-electron chi connectivity index (χ0n) is 14.9. The first-order valence-corrected chi connectivity index (χ1v) is 9.52. The smallest absolute Gasteiger partial charge is 0.223 e. The van der Waals surface area contributed by atoms with Gasteiger partial charge in [0, 0.05) is 12.8 Å². The molecule has 3 nitrogen and oxygen atoms in total. The highest BCUT2D eigenvalue weighted by atomic mass is 16.5. The van der Waals surface area contributed by atoms with Gasteiger partial charge in [-0.1, -0.05) is 90.9 Å². The number of hydrogen-bond donors (Lipinski definition) is 2. The summed E-state index contributed by atoms with van der Waals surface area (Å²) >= 11 is 0. The maximum atomic E-state index is 11.5. The standard InChI is InChI=1S/C19H38O3/c1-3-5-6-7-8-9-10-11-12-13-14-15-16-17-18(20)19(21,22)4-2/h21-22H,3-17H2,1-2H3. The molecule has 2 N–H and O–H groups in total. The summed E-state index contributed by atoms with van der Waals surface area (Å²) in [4.78, 5) is 11.5. The van der Waals surface area contributed by atoms with Crippen LogP contribution in [0.15, 0.2) is 0 Å². The summed E-state index contributed by atoms with van der Waals surface area (Å²) < 4.78 is 0. The van der Waals surface area contributed by atoms with Crippen LogP contribution in [-0.4, -0.2) is 21.8 Å². The Morgan fingerprint density at radius 1 is 0.682 bits per heavy atom. The van der Waals surface area contributed by atoms with Gasteiger partial charge in [0.25, 0.3) is 0 Å². The van der Waals surface area contributed by atoms with Gasteiger partial charge in [-0.05, 0) is 6.42 Å². The number of hydrogen-bond acceptors (Lipinski definition) is 3. The topological polar surface area (TPSA) is 57.5 Å². The molecule has 0 saturated carbocycles. The molecule has 0 bridgehead atoms.